The minimum absolute atomic E-state index is 0.0825. The van der Waals surface area contributed by atoms with E-state index in [1.165, 1.54) is 24.3 Å². The van der Waals surface area contributed by atoms with Gasteiger partial charge in [-0.05, 0) is 18.2 Å². The maximum absolute atomic E-state index is 11.8. The summed E-state index contributed by atoms with van der Waals surface area (Å²) >= 11 is 11.8. The third kappa shape index (κ3) is 3.81. The van der Waals surface area contributed by atoms with Crippen LogP contribution in [0.15, 0.2) is 53.7 Å². The van der Waals surface area contributed by atoms with Crippen molar-refractivity contribution in [2.45, 2.75) is 0 Å². The molecule has 0 saturated heterocycles. The fraction of sp³-hybridized carbons (Fsp3) is 0. The molecule has 0 spiro atoms. The van der Waals surface area contributed by atoms with Crippen molar-refractivity contribution >= 4 is 40.0 Å². The Morgan fingerprint density at radius 2 is 1.77 bits per heavy atom. The normalized spacial score (nSPS) is 11.1. The molecular formula is C14H8Cl2N2O4. The summed E-state index contributed by atoms with van der Waals surface area (Å²) in [6, 6.07) is 11.6. The van der Waals surface area contributed by atoms with Crippen molar-refractivity contribution in [3.63, 3.8) is 0 Å². The highest BCUT2D eigenvalue weighted by atomic mass is 35.5. The van der Waals surface area contributed by atoms with Crippen molar-refractivity contribution in [2.75, 3.05) is 0 Å². The van der Waals surface area contributed by atoms with E-state index in [9.17, 15) is 14.9 Å². The highest BCUT2D eigenvalue weighted by molar-refractivity contribution is 6.70. The van der Waals surface area contributed by atoms with E-state index >= 15 is 0 Å². The second kappa shape index (κ2) is 7.02. The Kier molecular flexibility index (Phi) is 5.08. The fourth-order valence-electron chi connectivity index (χ4n) is 1.53. The van der Waals surface area contributed by atoms with E-state index in [1.54, 1.807) is 24.3 Å². The standard InChI is InChI=1S/C14H8Cl2N2O4/c15-12-4-2-1-3-11(12)13(16)17-22-14(19)9-5-7-10(8-6-9)18(20)21/h1-8H/b17-13-. The average Bonchev–Trinajstić information content (AvgIpc) is 2.52. The van der Waals surface area contributed by atoms with Gasteiger partial charge in [-0.2, -0.15) is 0 Å². The zero-order chi connectivity index (χ0) is 16.1. The Morgan fingerprint density at radius 3 is 2.36 bits per heavy atom. The number of carbonyl (C=O) groups excluding carboxylic acids is 1. The van der Waals surface area contributed by atoms with Crippen molar-refractivity contribution in [1.29, 1.82) is 0 Å². The van der Waals surface area contributed by atoms with Crippen molar-refractivity contribution in [3.8, 4) is 0 Å². The molecule has 2 aromatic carbocycles. The van der Waals surface area contributed by atoms with Gasteiger partial charge in [0.05, 0.1) is 15.5 Å². The second-order valence-electron chi connectivity index (χ2n) is 4.04. The van der Waals surface area contributed by atoms with Gasteiger partial charge in [0.15, 0.2) is 5.17 Å². The topological polar surface area (TPSA) is 81.8 Å². The largest absolute Gasteiger partial charge is 0.365 e. The Labute approximate surface area is 135 Å². The van der Waals surface area contributed by atoms with Crippen LogP contribution in [0.4, 0.5) is 5.69 Å². The summed E-state index contributed by atoms with van der Waals surface area (Å²) in [6.45, 7) is 0. The molecule has 2 aromatic rings. The lowest BCUT2D eigenvalue weighted by Gasteiger charge is -2.01. The molecule has 0 bridgehead atoms. The summed E-state index contributed by atoms with van der Waals surface area (Å²) in [5, 5.41) is 14.3. The number of non-ortho nitro benzene ring substituents is 1. The Bertz CT molecular complexity index is 745. The van der Waals surface area contributed by atoms with E-state index in [-0.39, 0.29) is 16.4 Å². The highest BCUT2D eigenvalue weighted by Crippen LogP contribution is 2.18. The van der Waals surface area contributed by atoms with Crippen LogP contribution in [-0.4, -0.2) is 16.1 Å². The van der Waals surface area contributed by atoms with Crippen molar-refractivity contribution in [1.82, 2.24) is 0 Å². The van der Waals surface area contributed by atoms with Gasteiger partial charge in [0, 0.05) is 17.7 Å². The summed E-state index contributed by atoms with van der Waals surface area (Å²) < 4.78 is 0. The molecule has 0 heterocycles. The van der Waals surface area contributed by atoms with Gasteiger partial charge in [-0.25, -0.2) is 4.79 Å². The predicted octanol–water partition coefficient (Wildman–Crippen LogP) is 4.01. The van der Waals surface area contributed by atoms with Crippen LogP contribution in [0.1, 0.15) is 15.9 Å². The fourth-order valence-corrected chi connectivity index (χ4v) is 2.00. The monoisotopic (exact) mass is 338 g/mol. The van der Waals surface area contributed by atoms with Crippen LogP contribution >= 0.6 is 23.2 Å². The molecule has 0 aliphatic carbocycles. The van der Waals surface area contributed by atoms with Gasteiger partial charge in [0.25, 0.3) is 5.69 Å². The Morgan fingerprint density at radius 1 is 1.14 bits per heavy atom. The molecule has 0 radical (unpaired) electrons. The zero-order valence-electron chi connectivity index (χ0n) is 10.9. The minimum atomic E-state index is -0.792. The van der Waals surface area contributed by atoms with Crippen molar-refractivity contribution in [3.05, 3.63) is 74.8 Å². The van der Waals surface area contributed by atoms with Crippen LogP contribution in [0, 0.1) is 10.1 Å². The number of rotatable bonds is 4. The molecule has 0 amide bonds. The van der Waals surface area contributed by atoms with Gasteiger partial charge in [-0.1, -0.05) is 46.6 Å². The molecule has 0 aliphatic rings. The smallest absolute Gasteiger partial charge is 0.311 e. The van der Waals surface area contributed by atoms with Crippen LogP contribution in [0.2, 0.25) is 5.02 Å². The number of carbonyl (C=O) groups is 1. The quantitative estimate of drug-likeness (QED) is 0.365. The van der Waals surface area contributed by atoms with Gasteiger partial charge < -0.3 is 4.84 Å². The number of nitrogens with zero attached hydrogens (tertiary/aromatic N) is 2. The first-order valence-electron chi connectivity index (χ1n) is 5.93. The number of halogens is 2. The molecule has 0 atom stereocenters. The first kappa shape index (κ1) is 15.9. The van der Waals surface area contributed by atoms with E-state index < -0.39 is 10.9 Å². The van der Waals surface area contributed by atoms with Gasteiger partial charge in [0.2, 0.25) is 0 Å². The van der Waals surface area contributed by atoms with Crippen LogP contribution < -0.4 is 0 Å². The number of oxime groups is 1. The Hall–Kier alpha value is -2.44. The van der Waals surface area contributed by atoms with Crippen LogP contribution in [0.25, 0.3) is 0 Å². The maximum atomic E-state index is 11.8. The van der Waals surface area contributed by atoms with Crippen LogP contribution in [0.5, 0.6) is 0 Å². The lowest BCUT2D eigenvalue weighted by atomic mass is 10.2. The molecule has 0 aliphatic heterocycles. The highest BCUT2D eigenvalue weighted by Gasteiger charge is 2.12. The van der Waals surface area contributed by atoms with Gasteiger partial charge >= 0.3 is 5.97 Å². The van der Waals surface area contributed by atoms with E-state index in [4.69, 9.17) is 23.2 Å². The third-order valence-corrected chi connectivity index (χ3v) is 3.22. The molecule has 0 N–H and O–H groups in total. The van der Waals surface area contributed by atoms with E-state index in [0.717, 1.165) is 0 Å². The number of benzene rings is 2. The summed E-state index contributed by atoms with van der Waals surface area (Å²) in [6.07, 6.45) is 0. The molecule has 22 heavy (non-hydrogen) atoms. The zero-order valence-corrected chi connectivity index (χ0v) is 12.4. The predicted molar refractivity (Wildman–Crippen MR) is 82.4 cm³/mol. The number of hydrogen-bond acceptors (Lipinski definition) is 5. The van der Waals surface area contributed by atoms with Gasteiger partial charge in [-0.3, -0.25) is 10.1 Å². The van der Waals surface area contributed by atoms with Crippen molar-refractivity contribution in [2.24, 2.45) is 5.16 Å². The molecule has 0 aromatic heterocycles. The number of nitro groups is 1. The summed E-state index contributed by atoms with van der Waals surface area (Å²) in [5.41, 5.74) is 0.398. The van der Waals surface area contributed by atoms with Crippen LogP contribution in [0.3, 0.4) is 0 Å². The van der Waals surface area contributed by atoms with E-state index in [2.05, 4.69) is 9.99 Å². The van der Waals surface area contributed by atoms with E-state index in [1.807, 2.05) is 0 Å². The maximum Gasteiger partial charge on any atom is 0.365 e. The summed E-state index contributed by atoms with van der Waals surface area (Å²) in [5.74, 6) is -0.792. The molecule has 0 unspecified atom stereocenters. The Balaban J connectivity index is 2.10. The molecule has 2 rings (SSSR count). The summed E-state index contributed by atoms with van der Waals surface area (Å²) in [7, 11) is 0. The lowest BCUT2D eigenvalue weighted by molar-refractivity contribution is -0.384. The number of hydrogen-bond donors (Lipinski definition) is 0. The summed E-state index contributed by atoms with van der Waals surface area (Å²) in [4.78, 5) is 26.4. The molecule has 0 saturated carbocycles. The van der Waals surface area contributed by atoms with Crippen LogP contribution in [-0.2, 0) is 4.84 Å². The molecule has 8 heteroatoms. The second-order valence-corrected chi connectivity index (χ2v) is 4.81. The van der Waals surface area contributed by atoms with Crippen molar-refractivity contribution < 1.29 is 14.6 Å². The third-order valence-electron chi connectivity index (χ3n) is 2.62. The molecular weight excluding hydrogens is 331 g/mol. The molecule has 112 valence electrons. The SMILES string of the molecule is O=C(O/N=C(\Cl)c1ccccc1Cl)c1ccc([N+](=O)[O-])cc1. The first-order valence-corrected chi connectivity index (χ1v) is 6.69. The van der Waals surface area contributed by atoms with E-state index in [0.29, 0.717) is 10.6 Å². The lowest BCUT2D eigenvalue weighted by Crippen LogP contribution is -2.03. The molecule has 6 nitrogen and oxygen atoms in total. The first-order chi connectivity index (χ1) is 10.5. The molecule has 0 fully saturated rings. The average molecular weight is 339 g/mol. The number of nitro benzene ring substituents is 1. The minimum Gasteiger partial charge on any atom is -0.311 e. The van der Waals surface area contributed by atoms with Gasteiger partial charge in [-0.15, -0.1) is 0 Å². The van der Waals surface area contributed by atoms with Gasteiger partial charge in [0.1, 0.15) is 0 Å².